The van der Waals surface area contributed by atoms with Gasteiger partial charge < -0.3 is 19.3 Å². The Bertz CT molecular complexity index is 921. The number of ether oxygens (including phenoxy) is 2. The number of nitrogens with zero attached hydrogens (tertiary/aromatic N) is 4. The normalized spacial score (nSPS) is 21.3. The van der Waals surface area contributed by atoms with E-state index in [9.17, 15) is 14.0 Å². The van der Waals surface area contributed by atoms with Crippen molar-refractivity contribution in [3.05, 3.63) is 54.4 Å². The van der Waals surface area contributed by atoms with Crippen LogP contribution in [0.25, 0.3) is 0 Å². The third-order valence-corrected chi connectivity index (χ3v) is 5.79. The number of carbonyl (C=O) groups excluding carboxylic acids is 2. The lowest BCUT2D eigenvalue weighted by Crippen LogP contribution is -2.58. The average molecular weight is 442 g/mol. The second-order valence-electron chi connectivity index (χ2n) is 8.19. The van der Waals surface area contributed by atoms with Gasteiger partial charge in [-0.1, -0.05) is 0 Å². The van der Waals surface area contributed by atoms with E-state index in [1.165, 1.54) is 36.7 Å². The number of aromatic nitrogens is 2. The first-order chi connectivity index (χ1) is 15.5. The van der Waals surface area contributed by atoms with Gasteiger partial charge >= 0.3 is 0 Å². The number of halogens is 1. The molecule has 8 nitrogen and oxygen atoms in total. The fourth-order valence-corrected chi connectivity index (χ4v) is 4.09. The van der Waals surface area contributed by atoms with E-state index in [0.717, 1.165) is 32.4 Å². The Morgan fingerprint density at radius 2 is 1.75 bits per heavy atom. The molecule has 0 radical (unpaired) electrons. The van der Waals surface area contributed by atoms with Gasteiger partial charge in [-0.05, 0) is 49.6 Å². The second kappa shape index (κ2) is 10.0. The average Bonchev–Trinajstić information content (AvgIpc) is 2.84. The summed E-state index contributed by atoms with van der Waals surface area (Å²) in [5.74, 6) is -0.121. The second-order valence-corrected chi connectivity index (χ2v) is 8.19. The third kappa shape index (κ3) is 5.40. The zero-order valence-corrected chi connectivity index (χ0v) is 17.9. The molecule has 0 N–H and O–H groups in total. The predicted octanol–water partition coefficient (Wildman–Crippen LogP) is 2.31. The van der Waals surface area contributed by atoms with E-state index in [2.05, 4.69) is 9.97 Å². The van der Waals surface area contributed by atoms with Crippen molar-refractivity contribution in [1.82, 2.24) is 19.8 Å². The van der Waals surface area contributed by atoms with Crippen LogP contribution in [0.15, 0.2) is 42.7 Å². The van der Waals surface area contributed by atoms with E-state index in [1.54, 1.807) is 11.0 Å². The highest BCUT2D eigenvalue weighted by molar-refractivity contribution is 5.90. The molecule has 0 bridgehead atoms. The first-order valence-corrected chi connectivity index (χ1v) is 10.9. The molecule has 3 heterocycles. The Kier molecular flexibility index (Phi) is 6.94. The van der Waals surface area contributed by atoms with Crippen LogP contribution in [0.1, 0.15) is 36.3 Å². The number of amides is 2. The number of benzene rings is 1. The molecule has 2 aliphatic heterocycles. The predicted molar refractivity (Wildman–Crippen MR) is 114 cm³/mol. The SMILES string of the molecule is O=C(C[C@@]1(COc2ccc(F)cc2)CN(C(=O)c2ncccn2)CCO1)N1CCCCC1. The monoisotopic (exact) mass is 442 g/mol. The Hall–Kier alpha value is -3.07. The maximum atomic E-state index is 13.2. The molecule has 0 saturated carbocycles. The van der Waals surface area contributed by atoms with E-state index in [4.69, 9.17) is 9.47 Å². The molecule has 2 amide bonds. The lowest BCUT2D eigenvalue weighted by Gasteiger charge is -2.42. The lowest BCUT2D eigenvalue weighted by atomic mass is 9.96. The van der Waals surface area contributed by atoms with Crippen LogP contribution >= 0.6 is 0 Å². The molecule has 170 valence electrons. The molecular weight excluding hydrogens is 415 g/mol. The quantitative estimate of drug-likeness (QED) is 0.683. The van der Waals surface area contributed by atoms with Crippen molar-refractivity contribution < 1.29 is 23.5 Å². The van der Waals surface area contributed by atoms with Crippen molar-refractivity contribution in [3.63, 3.8) is 0 Å². The number of hydrogen-bond donors (Lipinski definition) is 0. The van der Waals surface area contributed by atoms with Crippen LogP contribution in [0.5, 0.6) is 5.75 Å². The molecule has 2 saturated heterocycles. The minimum Gasteiger partial charge on any atom is -0.490 e. The van der Waals surface area contributed by atoms with Crippen molar-refractivity contribution in [2.75, 3.05) is 39.4 Å². The molecule has 2 fully saturated rings. The highest BCUT2D eigenvalue weighted by Gasteiger charge is 2.43. The fraction of sp³-hybridized carbons (Fsp3) is 0.478. The van der Waals surface area contributed by atoms with Crippen LogP contribution in [-0.2, 0) is 9.53 Å². The van der Waals surface area contributed by atoms with E-state index in [-0.39, 0.29) is 49.6 Å². The van der Waals surface area contributed by atoms with Gasteiger partial charge in [0.15, 0.2) is 0 Å². The molecule has 2 aliphatic rings. The number of carbonyl (C=O) groups is 2. The first-order valence-electron chi connectivity index (χ1n) is 10.9. The summed E-state index contributed by atoms with van der Waals surface area (Å²) in [7, 11) is 0. The summed E-state index contributed by atoms with van der Waals surface area (Å²) in [6.07, 6.45) is 6.23. The molecule has 0 unspecified atom stereocenters. The van der Waals surface area contributed by atoms with Gasteiger partial charge in [0.1, 0.15) is 23.8 Å². The number of piperidine rings is 1. The largest absolute Gasteiger partial charge is 0.490 e. The highest BCUT2D eigenvalue weighted by atomic mass is 19.1. The van der Waals surface area contributed by atoms with E-state index in [1.807, 2.05) is 4.90 Å². The summed E-state index contributed by atoms with van der Waals surface area (Å²) in [6.45, 7) is 2.32. The van der Waals surface area contributed by atoms with Crippen molar-refractivity contribution >= 4 is 11.8 Å². The summed E-state index contributed by atoms with van der Waals surface area (Å²) in [4.78, 5) is 37.6. The Morgan fingerprint density at radius 3 is 2.47 bits per heavy atom. The lowest BCUT2D eigenvalue weighted by molar-refractivity contribution is -0.153. The molecule has 2 aromatic rings. The van der Waals surface area contributed by atoms with Crippen molar-refractivity contribution in [1.29, 1.82) is 0 Å². The number of morpholine rings is 1. The summed E-state index contributed by atoms with van der Waals surface area (Å²) in [6, 6.07) is 7.32. The van der Waals surface area contributed by atoms with E-state index < -0.39 is 5.60 Å². The standard InChI is InChI=1S/C23H27FN4O4/c24-18-5-7-19(8-6-18)31-17-23(15-20(29)27-11-2-1-3-12-27)16-28(13-14-32-23)22(30)21-25-9-4-10-26-21/h4-10H,1-3,11-17H2/t23-/m0/s1. The van der Waals surface area contributed by atoms with Crippen molar-refractivity contribution in [2.45, 2.75) is 31.3 Å². The first kappa shape index (κ1) is 22.1. The summed E-state index contributed by atoms with van der Waals surface area (Å²) < 4.78 is 25.3. The third-order valence-electron chi connectivity index (χ3n) is 5.79. The zero-order valence-electron chi connectivity index (χ0n) is 17.9. The van der Waals surface area contributed by atoms with Gasteiger partial charge in [0.25, 0.3) is 5.91 Å². The number of rotatable bonds is 6. The van der Waals surface area contributed by atoms with Gasteiger partial charge in [0.05, 0.1) is 19.6 Å². The molecule has 32 heavy (non-hydrogen) atoms. The molecule has 0 aliphatic carbocycles. The smallest absolute Gasteiger partial charge is 0.291 e. The van der Waals surface area contributed by atoms with Crippen molar-refractivity contribution in [2.24, 2.45) is 0 Å². The zero-order chi connectivity index (χ0) is 22.4. The van der Waals surface area contributed by atoms with Gasteiger partial charge in [-0.15, -0.1) is 0 Å². The molecule has 1 atom stereocenters. The topological polar surface area (TPSA) is 84.9 Å². The minimum atomic E-state index is -1.02. The number of likely N-dealkylation sites (tertiary alicyclic amines) is 1. The van der Waals surface area contributed by atoms with Crippen LogP contribution in [0.4, 0.5) is 4.39 Å². The van der Waals surface area contributed by atoms with Gasteiger partial charge in [-0.25, -0.2) is 14.4 Å². The Morgan fingerprint density at radius 1 is 1.03 bits per heavy atom. The van der Waals surface area contributed by atoms with Crippen LogP contribution in [0, 0.1) is 5.82 Å². The maximum absolute atomic E-state index is 13.2. The van der Waals surface area contributed by atoms with E-state index >= 15 is 0 Å². The Balaban J connectivity index is 1.52. The summed E-state index contributed by atoms with van der Waals surface area (Å²) in [5, 5.41) is 0. The van der Waals surface area contributed by atoms with Crippen LogP contribution < -0.4 is 4.74 Å². The van der Waals surface area contributed by atoms with Crippen molar-refractivity contribution in [3.8, 4) is 5.75 Å². The molecule has 0 spiro atoms. The molecular formula is C23H27FN4O4. The fourth-order valence-electron chi connectivity index (χ4n) is 4.09. The van der Waals surface area contributed by atoms with Crippen LogP contribution in [-0.4, -0.2) is 76.6 Å². The molecule has 9 heteroatoms. The highest BCUT2D eigenvalue weighted by Crippen LogP contribution is 2.27. The Labute approximate surface area is 186 Å². The van der Waals surface area contributed by atoms with Gasteiger partial charge in [0, 0.05) is 32.0 Å². The van der Waals surface area contributed by atoms with Gasteiger partial charge in [0.2, 0.25) is 11.7 Å². The van der Waals surface area contributed by atoms with Gasteiger partial charge in [-0.2, -0.15) is 0 Å². The van der Waals surface area contributed by atoms with Crippen LogP contribution in [0.2, 0.25) is 0 Å². The summed E-state index contributed by atoms with van der Waals surface area (Å²) >= 11 is 0. The molecule has 4 rings (SSSR count). The minimum absolute atomic E-state index is 0.0160. The maximum Gasteiger partial charge on any atom is 0.291 e. The van der Waals surface area contributed by atoms with Gasteiger partial charge in [-0.3, -0.25) is 9.59 Å². The number of hydrogen-bond acceptors (Lipinski definition) is 6. The molecule has 1 aromatic heterocycles. The molecule has 1 aromatic carbocycles. The van der Waals surface area contributed by atoms with Crippen LogP contribution in [0.3, 0.4) is 0 Å². The summed E-state index contributed by atoms with van der Waals surface area (Å²) in [5.41, 5.74) is -1.02. The van der Waals surface area contributed by atoms with E-state index in [0.29, 0.717) is 12.3 Å².